The van der Waals surface area contributed by atoms with Gasteiger partial charge >= 0.3 is 0 Å². The molecule has 0 aliphatic heterocycles. The van der Waals surface area contributed by atoms with Crippen molar-refractivity contribution in [2.75, 3.05) is 20.2 Å². The Morgan fingerprint density at radius 2 is 1.96 bits per heavy atom. The van der Waals surface area contributed by atoms with E-state index in [1.807, 2.05) is 19.1 Å². The van der Waals surface area contributed by atoms with Gasteiger partial charge in [-0.15, -0.1) is 24.0 Å². The number of pyridine rings is 1. The first-order valence-electron chi connectivity index (χ1n) is 7.97. The van der Waals surface area contributed by atoms with Gasteiger partial charge in [0.2, 0.25) is 5.88 Å². The Morgan fingerprint density at radius 1 is 1.20 bits per heavy atom. The van der Waals surface area contributed by atoms with Gasteiger partial charge < -0.3 is 15.4 Å². The summed E-state index contributed by atoms with van der Waals surface area (Å²) in [6.07, 6.45) is 2.49. The number of hydrogen-bond acceptors (Lipinski definition) is 3. The molecule has 0 atom stereocenters. The molecule has 0 radical (unpaired) electrons. The van der Waals surface area contributed by atoms with E-state index < -0.39 is 0 Å². The highest BCUT2D eigenvalue weighted by molar-refractivity contribution is 14.0. The quantitative estimate of drug-likeness (QED) is 0.381. The average Bonchev–Trinajstić information content (AvgIpc) is 2.61. The Balaban J connectivity index is 0.00000312. The summed E-state index contributed by atoms with van der Waals surface area (Å²) < 4.78 is 18.1. The van der Waals surface area contributed by atoms with E-state index in [9.17, 15) is 4.39 Å². The van der Waals surface area contributed by atoms with E-state index in [-0.39, 0.29) is 29.8 Å². The van der Waals surface area contributed by atoms with E-state index in [0.717, 1.165) is 30.1 Å². The minimum absolute atomic E-state index is 0. The van der Waals surface area contributed by atoms with Crippen LogP contribution in [0.2, 0.25) is 0 Å². The number of benzene rings is 1. The molecule has 2 rings (SSSR count). The van der Waals surface area contributed by atoms with Crippen LogP contribution in [-0.2, 0) is 13.0 Å². The van der Waals surface area contributed by atoms with Crippen molar-refractivity contribution >= 4 is 29.9 Å². The number of aliphatic imine (C=N–C) groups is 1. The van der Waals surface area contributed by atoms with E-state index in [0.29, 0.717) is 19.0 Å². The standard InChI is InChI=1S/C18H23FN4O.HI/c1-3-20-18(22-12-10-14-6-8-16(19)9-7-14)23-13-15-5-4-11-21-17(15)24-2;/h4-9,11H,3,10,12-13H2,1-2H3,(H2,20,22,23);1H. The monoisotopic (exact) mass is 458 g/mol. The van der Waals surface area contributed by atoms with Crippen molar-refractivity contribution in [2.45, 2.75) is 19.9 Å². The molecule has 0 spiro atoms. The van der Waals surface area contributed by atoms with Crippen molar-refractivity contribution < 1.29 is 9.13 Å². The number of ether oxygens (including phenoxy) is 1. The third-order valence-corrected chi connectivity index (χ3v) is 3.41. The van der Waals surface area contributed by atoms with Gasteiger partial charge in [0, 0.05) is 24.8 Å². The number of halogens is 2. The normalized spacial score (nSPS) is 10.8. The van der Waals surface area contributed by atoms with Crippen LogP contribution in [0.15, 0.2) is 47.6 Å². The van der Waals surface area contributed by atoms with Crippen LogP contribution in [0.1, 0.15) is 18.1 Å². The Labute approximate surface area is 165 Å². The predicted molar refractivity (Wildman–Crippen MR) is 109 cm³/mol. The molecule has 0 amide bonds. The Bertz CT molecular complexity index is 664. The first kappa shape index (κ1) is 21.1. The van der Waals surface area contributed by atoms with Crippen LogP contribution in [0, 0.1) is 5.82 Å². The minimum atomic E-state index is -0.216. The zero-order chi connectivity index (χ0) is 17.2. The van der Waals surface area contributed by atoms with Crippen LogP contribution in [0.5, 0.6) is 5.88 Å². The molecular weight excluding hydrogens is 434 g/mol. The van der Waals surface area contributed by atoms with Gasteiger partial charge in [0.25, 0.3) is 0 Å². The van der Waals surface area contributed by atoms with Crippen LogP contribution >= 0.6 is 24.0 Å². The summed E-state index contributed by atoms with van der Waals surface area (Å²) in [4.78, 5) is 8.72. The van der Waals surface area contributed by atoms with Crippen LogP contribution in [0.25, 0.3) is 0 Å². The highest BCUT2D eigenvalue weighted by Gasteiger charge is 2.03. The topological polar surface area (TPSA) is 58.5 Å². The molecule has 1 aromatic carbocycles. The van der Waals surface area contributed by atoms with Gasteiger partial charge in [0.1, 0.15) is 5.82 Å². The van der Waals surface area contributed by atoms with Crippen molar-refractivity contribution in [3.8, 4) is 5.88 Å². The Morgan fingerprint density at radius 3 is 2.64 bits per heavy atom. The van der Waals surface area contributed by atoms with Crippen LogP contribution in [0.4, 0.5) is 4.39 Å². The summed E-state index contributed by atoms with van der Waals surface area (Å²) in [5, 5.41) is 6.48. The highest BCUT2D eigenvalue weighted by Crippen LogP contribution is 2.14. The summed E-state index contributed by atoms with van der Waals surface area (Å²) in [6, 6.07) is 10.3. The molecule has 136 valence electrons. The van der Waals surface area contributed by atoms with Gasteiger partial charge in [0.15, 0.2) is 5.96 Å². The van der Waals surface area contributed by atoms with Crippen LogP contribution in [-0.4, -0.2) is 31.1 Å². The lowest BCUT2D eigenvalue weighted by Gasteiger charge is -2.12. The first-order valence-corrected chi connectivity index (χ1v) is 7.97. The number of rotatable bonds is 7. The molecule has 0 aliphatic rings. The number of guanidine groups is 1. The summed E-state index contributed by atoms with van der Waals surface area (Å²) in [5.74, 6) is 1.10. The lowest BCUT2D eigenvalue weighted by Crippen LogP contribution is -2.38. The SMILES string of the molecule is CCNC(=NCc1cccnc1OC)NCCc1ccc(F)cc1.I. The van der Waals surface area contributed by atoms with E-state index in [1.165, 1.54) is 12.1 Å². The maximum Gasteiger partial charge on any atom is 0.218 e. The zero-order valence-corrected chi connectivity index (χ0v) is 16.8. The van der Waals surface area contributed by atoms with Crippen molar-refractivity contribution in [1.29, 1.82) is 0 Å². The molecule has 0 bridgehead atoms. The van der Waals surface area contributed by atoms with Crippen LogP contribution < -0.4 is 15.4 Å². The summed E-state index contributed by atoms with van der Waals surface area (Å²) in [7, 11) is 1.60. The summed E-state index contributed by atoms with van der Waals surface area (Å²) in [6.45, 7) is 3.97. The van der Waals surface area contributed by atoms with E-state index in [4.69, 9.17) is 4.74 Å². The summed E-state index contributed by atoms with van der Waals surface area (Å²) in [5.41, 5.74) is 2.00. The number of nitrogens with one attached hydrogen (secondary N) is 2. The van der Waals surface area contributed by atoms with Gasteiger partial charge in [0.05, 0.1) is 13.7 Å². The number of aromatic nitrogens is 1. The molecule has 0 unspecified atom stereocenters. The van der Waals surface area contributed by atoms with Gasteiger partial charge in [-0.1, -0.05) is 18.2 Å². The molecule has 0 fully saturated rings. The third kappa shape index (κ3) is 7.25. The molecule has 5 nitrogen and oxygen atoms in total. The van der Waals surface area contributed by atoms with Gasteiger partial charge in [-0.2, -0.15) is 0 Å². The lowest BCUT2D eigenvalue weighted by molar-refractivity contribution is 0.392. The molecule has 7 heteroatoms. The molecule has 0 saturated heterocycles. The molecule has 1 heterocycles. The summed E-state index contributed by atoms with van der Waals surface area (Å²) >= 11 is 0. The maximum atomic E-state index is 12.9. The molecule has 1 aromatic heterocycles. The largest absolute Gasteiger partial charge is 0.481 e. The van der Waals surface area contributed by atoms with E-state index in [1.54, 1.807) is 25.4 Å². The van der Waals surface area contributed by atoms with Gasteiger partial charge in [-0.05, 0) is 37.1 Å². The molecule has 0 saturated carbocycles. The fourth-order valence-corrected chi connectivity index (χ4v) is 2.21. The Kier molecular flexibility index (Phi) is 9.83. The van der Waals surface area contributed by atoms with Gasteiger partial charge in [-0.3, -0.25) is 0 Å². The number of methoxy groups -OCH3 is 1. The fourth-order valence-electron chi connectivity index (χ4n) is 2.21. The highest BCUT2D eigenvalue weighted by atomic mass is 127. The van der Waals surface area contributed by atoms with Crippen LogP contribution in [0.3, 0.4) is 0 Å². The molecule has 2 N–H and O–H groups in total. The van der Waals surface area contributed by atoms with Crippen molar-refractivity contribution in [1.82, 2.24) is 15.6 Å². The number of nitrogens with zero attached hydrogens (tertiary/aromatic N) is 2. The predicted octanol–water partition coefficient (Wildman–Crippen LogP) is 3.15. The van der Waals surface area contributed by atoms with Crippen molar-refractivity contribution in [3.05, 3.63) is 59.5 Å². The first-order chi connectivity index (χ1) is 11.7. The molecule has 2 aromatic rings. The lowest BCUT2D eigenvalue weighted by atomic mass is 10.1. The van der Waals surface area contributed by atoms with Crippen molar-refractivity contribution in [3.63, 3.8) is 0 Å². The average molecular weight is 458 g/mol. The second kappa shape index (κ2) is 11.6. The molecule has 25 heavy (non-hydrogen) atoms. The zero-order valence-electron chi connectivity index (χ0n) is 14.5. The minimum Gasteiger partial charge on any atom is -0.481 e. The van der Waals surface area contributed by atoms with Crippen molar-refractivity contribution in [2.24, 2.45) is 4.99 Å². The second-order valence-corrected chi connectivity index (χ2v) is 5.17. The van der Waals surface area contributed by atoms with E-state index >= 15 is 0 Å². The third-order valence-electron chi connectivity index (χ3n) is 3.41. The van der Waals surface area contributed by atoms with Gasteiger partial charge in [-0.25, -0.2) is 14.4 Å². The number of hydrogen-bond donors (Lipinski definition) is 2. The molecular formula is C18H24FIN4O. The molecule has 0 aliphatic carbocycles. The second-order valence-electron chi connectivity index (χ2n) is 5.17. The fraction of sp³-hybridized carbons (Fsp3) is 0.333. The Hall–Kier alpha value is -1.90. The smallest absolute Gasteiger partial charge is 0.218 e. The maximum absolute atomic E-state index is 12.9. The van der Waals surface area contributed by atoms with E-state index in [2.05, 4.69) is 20.6 Å².